The summed E-state index contributed by atoms with van der Waals surface area (Å²) in [5.41, 5.74) is 0. The molecule has 1 radical (unpaired) electrons. The topological polar surface area (TPSA) is 13.1 Å². The first-order chi connectivity index (χ1) is 3.93. The Balaban J connectivity index is 2.50. The van der Waals surface area contributed by atoms with Crippen molar-refractivity contribution < 1.29 is 4.42 Å². The maximum Gasteiger partial charge on any atom is 0.169 e. The molecular formula is C7H9O. The highest BCUT2D eigenvalue weighted by atomic mass is 16.3. The third-order valence-corrected chi connectivity index (χ3v) is 1.02. The van der Waals surface area contributed by atoms with Crippen LogP contribution in [0.4, 0.5) is 0 Å². The lowest BCUT2D eigenvalue weighted by Gasteiger charge is -1.85. The van der Waals surface area contributed by atoms with Crippen molar-refractivity contribution in [3.8, 4) is 0 Å². The number of hydrogen-bond donors (Lipinski definition) is 0. The van der Waals surface area contributed by atoms with Crippen molar-refractivity contribution in [2.75, 3.05) is 0 Å². The van der Waals surface area contributed by atoms with Crippen LogP contribution >= 0.6 is 0 Å². The molecule has 1 aromatic rings. The van der Waals surface area contributed by atoms with Gasteiger partial charge in [-0.05, 0) is 18.6 Å². The van der Waals surface area contributed by atoms with E-state index in [1.807, 2.05) is 6.07 Å². The van der Waals surface area contributed by atoms with Crippen LogP contribution in [-0.2, 0) is 6.42 Å². The molecule has 1 rings (SSSR count). The fourth-order valence-electron chi connectivity index (χ4n) is 0.651. The minimum Gasteiger partial charge on any atom is -0.458 e. The van der Waals surface area contributed by atoms with Gasteiger partial charge in [0.2, 0.25) is 0 Å². The van der Waals surface area contributed by atoms with Crippen molar-refractivity contribution in [1.82, 2.24) is 0 Å². The lowest BCUT2D eigenvalue weighted by atomic mass is 10.3. The van der Waals surface area contributed by atoms with E-state index in [9.17, 15) is 0 Å². The van der Waals surface area contributed by atoms with Crippen molar-refractivity contribution >= 4 is 0 Å². The number of rotatable bonds is 2. The third-order valence-electron chi connectivity index (χ3n) is 1.02. The fraction of sp³-hybridized carbons (Fsp3) is 0.429. The van der Waals surface area contributed by atoms with Crippen LogP contribution < -0.4 is 0 Å². The Morgan fingerprint density at radius 3 is 3.12 bits per heavy atom. The van der Waals surface area contributed by atoms with Crippen molar-refractivity contribution in [3.63, 3.8) is 0 Å². The van der Waals surface area contributed by atoms with Gasteiger partial charge in [-0.2, -0.15) is 0 Å². The molecule has 0 saturated carbocycles. The molecular weight excluding hydrogens is 100 g/mol. The molecule has 0 bridgehead atoms. The van der Waals surface area contributed by atoms with Crippen molar-refractivity contribution in [2.24, 2.45) is 0 Å². The Kier molecular flexibility index (Phi) is 1.73. The van der Waals surface area contributed by atoms with E-state index < -0.39 is 0 Å². The molecule has 0 N–H and O–H groups in total. The minimum atomic E-state index is 1.03. The molecule has 0 amide bonds. The zero-order chi connectivity index (χ0) is 5.82. The smallest absolute Gasteiger partial charge is 0.169 e. The van der Waals surface area contributed by atoms with Crippen LogP contribution in [0.5, 0.6) is 0 Å². The Labute approximate surface area is 49.3 Å². The molecule has 0 aliphatic carbocycles. The summed E-state index contributed by atoms with van der Waals surface area (Å²) in [7, 11) is 0. The number of furan rings is 1. The summed E-state index contributed by atoms with van der Waals surface area (Å²) in [6.45, 7) is 2.13. The van der Waals surface area contributed by atoms with Crippen LogP contribution in [0, 0.1) is 6.26 Å². The Morgan fingerprint density at radius 1 is 1.75 bits per heavy atom. The summed E-state index contributed by atoms with van der Waals surface area (Å²) >= 11 is 0. The third kappa shape index (κ3) is 1.12. The molecule has 1 aromatic heterocycles. The average Bonchev–Trinajstić information content (AvgIpc) is 2.19. The van der Waals surface area contributed by atoms with Crippen molar-refractivity contribution in [2.45, 2.75) is 19.8 Å². The molecule has 1 heteroatoms. The summed E-state index contributed by atoms with van der Waals surface area (Å²) in [6.07, 6.45) is 4.81. The quantitative estimate of drug-likeness (QED) is 0.566. The molecule has 0 aliphatic heterocycles. The van der Waals surface area contributed by atoms with Crippen molar-refractivity contribution in [1.29, 1.82) is 0 Å². The van der Waals surface area contributed by atoms with Gasteiger partial charge in [0.15, 0.2) is 6.26 Å². The Morgan fingerprint density at radius 2 is 2.62 bits per heavy atom. The molecule has 0 spiro atoms. The standard InChI is InChI=1S/C7H9O/c1-2-4-7-5-3-6-8-7/h3,5H,2,4H2,1H3. The molecule has 0 fully saturated rings. The van der Waals surface area contributed by atoms with Gasteiger partial charge in [-0.1, -0.05) is 6.92 Å². The van der Waals surface area contributed by atoms with Gasteiger partial charge in [0.1, 0.15) is 5.76 Å². The van der Waals surface area contributed by atoms with Gasteiger partial charge in [-0.25, -0.2) is 0 Å². The van der Waals surface area contributed by atoms with Gasteiger partial charge in [0, 0.05) is 6.42 Å². The van der Waals surface area contributed by atoms with E-state index in [1.54, 1.807) is 6.07 Å². The predicted octanol–water partition coefficient (Wildman–Crippen LogP) is 2.03. The van der Waals surface area contributed by atoms with E-state index in [0.29, 0.717) is 0 Å². The van der Waals surface area contributed by atoms with E-state index in [0.717, 1.165) is 18.6 Å². The number of aryl methyl sites for hydroxylation is 1. The van der Waals surface area contributed by atoms with Gasteiger partial charge < -0.3 is 4.42 Å². The average molecular weight is 109 g/mol. The second-order valence-electron chi connectivity index (χ2n) is 1.77. The largest absolute Gasteiger partial charge is 0.458 e. The van der Waals surface area contributed by atoms with Crippen LogP contribution in [0.3, 0.4) is 0 Å². The molecule has 0 saturated heterocycles. The second kappa shape index (κ2) is 2.55. The summed E-state index contributed by atoms with van der Waals surface area (Å²) in [5, 5.41) is 0. The molecule has 0 unspecified atom stereocenters. The summed E-state index contributed by atoms with van der Waals surface area (Å²) in [4.78, 5) is 0. The van der Waals surface area contributed by atoms with Gasteiger partial charge in [-0.3, -0.25) is 0 Å². The van der Waals surface area contributed by atoms with Gasteiger partial charge in [0.25, 0.3) is 0 Å². The molecule has 8 heavy (non-hydrogen) atoms. The lowest BCUT2D eigenvalue weighted by molar-refractivity contribution is 0.499. The molecule has 1 nitrogen and oxygen atoms in total. The zero-order valence-corrected chi connectivity index (χ0v) is 4.98. The highest BCUT2D eigenvalue weighted by Crippen LogP contribution is 2.01. The van der Waals surface area contributed by atoms with E-state index in [1.165, 1.54) is 0 Å². The van der Waals surface area contributed by atoms with Crippen LogP contribution in [0.1, 0.15) is 19.1 Å². The maximum absolute atomic E-state index is 4.95. The molecule has 0 atom stereocenters. The maximum atomic E-state index is 4.95. The summed E-state index contributed by atoms with van der Waals surface area (Å²) < 4.78 is 4.95. The Hall–Kier alpha value is -0.720. The zero-order valence-electron chi connectivity index (χ0n) is 4.98. The van der Waals surface area contributed by atoms with E-state index in [2.05, 4.69) is 13.2 Å². The van der Waals surface area contributed by atoms with E-state index >= 15 is 0 Å². The van der Waals surface area contributed by atoms with Crippen LogP contribution in [0.15, 0.2) is 16.5 Å². The minimum absolute atomic E-state index is 1.03. The van der Waals surface area contributed by atoms with E-state index in [-0.39, 0.29) is 0 Å². The van der Waals surface area contributed by atoms with Gasteiger partial charge >= 0.3 is 0 Å². The van der Waals surface area contributed by atoms with Crippen molar-refractivity contribution in [3.05, 3.63) is 24.2 Å². The lowest BCUT2D eigenvalue weighted by Crippen LogP contribution is -1.74. The predicted molar refractivity (Wildman–Crippen MR) is 31.5 cm³/mol. The number of hydrogen-bond acceptors (Lipinski definition) is 1. The first kappa shape index (κ1) is 5.42. The first-order valence-electron chi connectivity index (χ1n) is 2.88. The van der Waals surface area contributed by atoms with Gasteiger partial charge in [-0.15, -0.1) is 0 Å². The highest BCUT2D eigenvalue weighted by Gasteiger charge is 1.89. The Bertz CT molecular complexity index is 130. The summed E-state index contributed by atoms with van der Waals surface area (Å²) in [5.74, 6) is 1.03. The fourth-order valence-corrected chi connectivity index (χ4v) is 0.651. The normalized spacial score (nSPS) is 9.62. The van der Waals surface area contributed by atoms with Crippen LogP contribution in [0.2, 0.25) is 0 Å². The van der Waals surface area contributed by atoms with E-state index in [4.69, 9.17) is 4.42 Å². The molecule has 0 aromatic carbocycles. The molecule has 43 valence electrons. The summed E-state index contributed by atoms with van der Waals surface area (Å²) in [6, 6.07) is 3.74. The molecule has 0 aliphatic rings. The molecule has 1 heterocycles. The first-order valence-corrected chi connectivity index (χ1v) is 2.88. The SMILES string of the molecule is CCCc1cc[c]o1. The highest BCUT2D eigenvalue weighted by molar-refractivity contribution is 4.96. The van der Waals surface area contributed by atoms with Crippen LogP contribution in [-0.4, -0.2) is 0 Å². The van der Waals surface area contributed by atoms with Crippen LogP contribution in [0.25, 0.3) is 0 Å². The van der Waals surface area contributed by atoms with Gasteiger partial charge in [0.05, 0.1) is 0 Å². The second-order valence-corrected chi connectivity index (χ2v) is 1.77. The monoisotopic (exact) mass is 109 g/mol.